The minimum absolute atomic E-state index is 0.570. The largest absolute Gasteiger partial charge is 0.388 e. The Kier molecular flexibility index (Phi) is 3.76. The van der Waals surface area contributed by atoms with Gasteiger partial charge in [0.2, 0.25) is 0 Å². The molecule has 0 spiro atoms. The summed E-state index contributed by atoms with van der Waals surface area (Å²) >= 11 is 1.44. The van der Waals surface area contributed by atoms with E-state index in [2.05, 4.69) is 0 Å². The van der Waals surface area contributed by atoms with Crippen LogP contribution in [0.2, 0.25) is 0 Å². The summed E-state index contributed by atoms with van der Waals surface area (Å²) in [4.78, 5) is 2.27. The average Bonchev–Trinajstić information content (AvgIpc) is 2.78. The van der Waals surface area contributed by atoms with E-state index in [0.717, 1.165) is 15.3 Å². The van der Waals surface area contributed by atoms with Crippen LogP contribution in [0.3, 0.4) is 0 Å². The summed E-state index contributed by atoms with van der Waals surface area (Å²) in [5.74, 6) is 0. The molecule has 90 valence electrons. The second-order valence-corrected chi connectivity index (χ2v) is 6.30. The summed E-state index contributed by atoms with van der Waals surface area (Å²) < 4.78 is 12.4. The minimum Gasteiger partial charge on any atom is -0.388 e. The summed E-state index contributed by atoms with van der Waals surface area (Å²) in [6, 6.07) is 9.45. The predicted molar refractivity (Wildman–Crippen MR) is 70.8 cm³/mol. The number of aryl methyl sites for hydroxylation is 1. The van der Waals surface area contributed by atoms with Crippen molar-refractivity contribution in [1.82, 2.24) is 0 Å². The van der Waals surface area contributed by atoms with Crippen LogP contribution in [-0.4, -0.2) is 9.32 Å². The maximum Gasteiger partial charge on any atom is 0.0866 e. The lowest BCUT2D eigenvalue weighted by Crippen LogP contribution is -1.97. The van der Waals surface area contributed by atoms with Gasteiger partial charge < -0.3 is 5.11 Å². The Bertz CT molecular complexity index is 527. The van der Waals surface area contributed by atoms with Crippen molar-refractivity contribution >= 4 is 22.1 Å². The molecule has 0 bridgehead atoms. The standard InChI is InChI=1S/C13H14O2S2/c1-9-3-5-11(6-4-9)17(15)12-7-8-16-13(12)10(2)14/h3-8,10,14H,1-2H3/t10-,17+/m1/s1. The van der Waals surface area contributed by atoms with Gasteiger partial charge in [-0.3, -0.25) is 0 Å². The zero-order valence-corrected chi connectivity index (χ0v) is 11.3. The predicted octanol–water partition coefficient (Wildman–Crippen LogP) is 3.28. The van der Waals surface area contributed by atoms with E-state index < -0.39 is 16.9 Å². The van der Waals surface area contributed by atoms with E-state index in [1.807, 2.05) is 42.6 Å². The molecule has 0 saturated heterocycles. The first kappa shape index (κ1) is 12.5. The molecule has 2 atom stereocenters. The van der Waals surface area contributed by atoms with E-state index in [9.17, 15) is 9.32 Å². The van der Waals surface area contributed by atoms with Gasteiger partial charge in [0.25, 0.3) is 0 Å². The summed E-state index contributed by atoms with van der Waals surface area (Å²) in [6.07, 6.45) is -0.570. The Morgan fingerprint density at radius 1 is 1.24 bits per heavy atom. The highest BCUT2D eigenvalue weighted by Gasteiger charge is 2.16. The lowest BCUT2D eigenvalue weighted by atomic mass is 10.2. The summed E-state index contributed by atoms with van der Waals surface area (Å²) in [6.45, 7) is 3.69. The van der Waals surface area contributed by atoms with E-state index in [1.54, 1.807) is 6.92 Å². The van der Waals surface area contributed by atoms with Crippen LogP contribution in [-0.2, 0) is 10.8 Å². The lowest BCUT2D eigenvalue weighted by molar-refractivity contribution is 0.200. The van der Waals surface area contributed by atoms with E-state index in [1.165, 1.54) is 11.3 Å². The fourth-order valence-corrected chi connectivity index (χ4v) is 3.93. The first-order valence-corrected chi connectivity index (χ1v) is 7.36. The average molecular weight is 266 g/mol. The molecule has 0 aliphatic heterocycles. The molecule has 2 rings (SSSR count). The molecule has 0 aliphatic rings. The summed E-state index contributed by atoms with van der Waals surface area (Å²) in [5, 5.41) is 11.5. The molecule has 1 heterocycles. The molecule has 1 N–H and O–H groups in total. The van der Waals surface area contributed by atoms with Crippen molar-refractivity contribution in [3.05, 3.63) is 46.2 Å². The van der Waals surface area contributed by atoms with Gasteiger partial charge in [-0.25, -0.2) is 4.21 Å². The Morgan fingerprint density at radius 2 is 1.88 bits per heavy atom. The van der Waals surface area contributed by atoms with Gasteiger partial charge in [0.1, 0.15) is 0 Å². The zero-order chi connectivity index (χ0) is 12.4. The molecule has 4 heteroatoms. The van der Waals surface area contributed by atoms with Gasteiger partial charge in [0.05, 0.1) is 21.8 Å². The number of rotatable bonds is 3. The monoisotopic (exact) mass is 266 g/mol. The van der Waals surface area contributed by atoms with E-state index in [-0.39, 0.29) is 0 Å². The minimum atomic E-state index is -1.21. The highest BCUT2D eigenvalue weighted by molar-refractivity contribution is 7.85. The second kappa shape index (κ2) is 5.12. The first-order chi connectivity index (χ1) is 8.09. The third kappa shape index (κ3) is 2.65. The molecular formula is C13H14O2S2. The maximum atomic E-state index is 12.4. The van der Waals surface area contributed by atoms with Crippen LogP contribution in [0, 0.1) is 6.92 Å². The van der Waals surface area contributed by atoms with Gasteiger partial charge in [-0.15, -0.1) is 11.3 Å². The fourth-order valence-electron chi connectivity index (χ4n) is 1.56. The Morgan fingerprint density at radius 3 is 2.47 bits per heavy atom. The highest BCUT2D eigenvalue weighted by Crippen LogP contribution is 2.29. The topological polar surface area (TPSA) is 37.3 Å². The molecule has 17 heavy (non-hydrogen) atoms. The molecule has 1 aromatic heterocycles. The van der Waals surface area contributed by atoms with Crippen LogP contribution < -0.4 is 0 Å². The van der Waals surface area contributed by atoms with Gasteiger partial charge in [-0.05, 0) is 37.4 Å². The van der Waals surface area contributed by atoms with Crippen LogP contribution in [0.1, 0.15) is 23.5 Å². The molecule has 0 unspecified atom stereocenters. The summed E-state index contributed by atoms with van der Waals surface area (Å²) in [5.41, 5.74) is 1.15. The quantitative estimate of drug-likeness (QED) is 0.925. The smallest absolute Gasteiger partial charge is 0.0866 e. The maximum absolute atomic E-state index is 12.4. The highest BCUT2D eigenvalue weighted by atomic mass is 32.2. The van der Waals surface area contributed by atoms with E-state index >= 15 is 0 Å². The Hall–Kier alpha value is -0.970. The van der Waals surface area contributed by atoms with Crippen molar-refractivity contribution in [2.24, 2.45) is 0 Å². The number of hydrogen-bond acceptors (Lipinski definition) is 3. The summed E-state index contributed by atoms with van der Waals surface area (Å²) in [7, 11) is -1.21. The van der Waals surface area contributed by atoms with Crippen LogP contribution >= 0.6 is 11.3 Å². The fraction of sp³-hybridized carbons (Fsp3) is 0.231. The lowest BCUT2D eigenvalue weighted by Gasteiger charge is -2.06. The molecule has 0 saturated carbocycles. The van der Waals surface area contributed by atoms with E-state index in [0.29, 0.717) is 4.90 Å². The second-order valence-electron chi connectivity index (χ2n) is 3.91. The molecule has 1 aromatic carbocycles. The molecule has 2 nitrogen and oxygen atoms in total. The van der Waals surface area contributed by atoms with Crippen LogP contribution in [0.4, 0.5) is 0 Å². The normalized spacial score (nSPS) is 14.5. The third-order valence-electron chi connectivity index (χ3n) is 2.47. The molecule has 0 amide bonds. The van der Waals surface area contributed by atoms with Crippen LogP contribution in [0.25, 0.3) is 0 Å². The number of aliphatic hydroxyl groups excluding tert-OH is 1. The zero-order valence-electron chi connectivity index (χ0n) is 9.71. The van der Waals surface area contributed by atoms with E-state index in [4.69, 9.17) is 0 Å². The van der Waals surface area contributed by atoms with Crippen molar-refractivity contribution in [2.75, 3.05) is 0 Å². The molecular weight excluding hydrogens is 252 g/mol. The van der Waals surface area contributed by atoms with Crippen LogP contribution in [0.5, 0.6) is 0 Å². The number of hydrogen-bond donors (Lipinski definition) is 1. The number of aliphatic hydroxyl groups is 1. The Balaban J connectivity index is 2.37. The van der Waals surface area contributed by atoms with Crippen LogP contribution in [0.15, 0.2) is 45.5 Å². The SMILES string of the molecule is Cc1ccc([S@](=O)c2ccsc2[C@@H](C)O)cc1. The van der Waals surface area contributed by atoms with Crippen molar-refractivity contribution in [3.63, 3.8) is 0 Å². The van der Waals surface area contributed by atoms with Crippen molar-refractivity contribution < 1.29 is 9.32 Å². The van der Waals surface area contributed by atoms with Crippen molar-refractivity contribution in [1.29, 1.82) is 0 Å². The molecule has 0 fully saturated rings. The van der Waals surface area contributed by atoms with Crippen molar-refractivity contribution in [2.45, 2.75) is 29.7 Å². The van der Waals surface area contributed by atoms with Gasteiger partial charge >= 0.3 is 0 Å². The molecule has 2 aromatic rings. The first-order valence-electron chi connectivity index (χ1n) is 5.33. The number of benzene rings is 1. The van der Waals surface area contributed by atoms with Crippen molar-refractivity contribution in [3.8, 4) is 0 Å². The van der Waals surface area contributed by atoms with Gasteiger partial charge in [-0.1, -0.05) is 17.7 Å². The molecule has 0 aliphatic carbocycles. The molecule has 0 radical (unpaired) electrons. The third-order valence-corrected chi connectivity index (χ3v) is 5.14. The van der Waals surface area contributed by atoms with Gasteiger partial charge in [-0.2, -0.15) is 0 Å². The van der Waals surface area contributed by atoms with Gasteiger partial charge in [0.15, 0.2) is 0 Å². The number of thiophene rings is 1. The Labute approximate surface area is 107 Å². The van der Waals surface area contributed by atoms with Gasteiger partial charge in [0, 0.05) is 9.77 Å².